The number of H-pyrrole nitrogens is 1. The van der Waals surface area contributed by atoms with Crippen molar-refractivity contribution >= 4 is 11.7 Å². The molecule has 0 aliphatic rings. The lowest BCUT2D eigenvalue weighted by molar-refractivity contribution is 0.251. The molecular formula is C25H24N4O3. The number of anilines is 1. The van der Waals surface area contributed by atoms with E-state index in [9.17, 15) is 4.79 Å². The molecule has 0 unspecified atom stereocenters. The number of nitrogens with one attached hydrogen (secondary N) is 3. The molecule has 162 valence electrons. The SMILES string of the molecule is COc1ccc(-c2cc(-c3cn[nH]c3)ccc2NC(=O)NCc2cccc(OC)c2)cc1. The number of nitrogens with zero attached hydrogens (tertiary/aromatic N) is 1. The largest absolute Gasteiger partial charge is 0.497 e. The fourth-order valence-electron chi connectivity index (χ4n) is 3.38. The van der Waals surface area contributed by atoms with E-state index < -0.39 is 0 Å². The third-order valence-electron chi connectivity index (χ3n) is 5.09. The highest BCUT2D eigenvalue weighted by atomic mass is 16.5. The van der Waals surface area contributed by atoms with E-state index in [0.29, 0.717) is 12.2 Å². The second-order valence-electron chi connectivity index (χ2n) is 7.14. The summed E-state index contributed by atoms with van der Waals surface area (Å²) in [5.41, 5.74) is 5.46. The van der Waals surface area contributed by atoms with Crippen LogP contribution in [0.25, 0.3) is 22.3 Å². The zero-order valence-electron chi connectivity index (χ0n) is 17.9. The van der Waals surface area contributed by atoms with Gasteiger partial charge in [0.1, 0.15) is 11.5 Å². The second-order valence-corrected chi connectivity index (χ2v) is 7.14. The lowest BCUT2D eigenvalue weighted by Crippen LogP contribution is -2.28. The average Bonchev–Trinajstić information content (AvgIpc) is 3.38. The fourth-order valence-corrected chi connectivity index (χ4v) is 3.38. The minimum Gasteiger partial charge on any atom is -0.497 e. The predicted octanol–water partition coefficient (Wildman–Crippen LogP) is 5.08. The molecule has 0 aliphatic carbocycles. The van der Waals surface area contributed by atoms with Crippen LogP contribution in [0.15, 0.2) is 79.1 Å². The minimum atomic E-state index is -0.293. The molecule has 1 heterocycles. The zero-order chi connectivity index (χ0) is 22.3. The van der Waals surface area contributed by atoms with Crippen molar-refractivity contribution in [2.45, 2.75) is 6.54 Å². The number of ether oxygens (including phenoxy) is 2. The Morgan fingerprint density at radius 2 is 1.69 bits per heavy atom. The Kier molecular flexibility index (Phi) is 6.36. The van der Waals surface area contributed by atoms with Gasteiger partial charge in [-0.1, -0.05) is 30.3 Å². The van der Waals surface area contributed by atoms with Crippen LogP contribution in [0.3, 0.4) is 0 Å². The summed E-state index contributed by atoms with van der Waals surface area (Å²) in [6.45, 7) is 0.383. The number of aromatic nitrogens is 2. The first-order valence-electron chi connectivity index (χ1n) is 10.1. The number of benzene rings is 3. The highest BCUT2D eigenvalue weighted by Gasteiger charge is 2.12. The van der Waals surface area contributed by atoms with Gasteiger partial charge in [-0.3, -0.25) is 5.10 Å². The smallest absolute Gasteiger partial charge is 0.319 e. The number of aromatic amines is 1. The van der Waals surface area contributed by atoms with E-state index in [1.54, 1.807) is 20.4 Å². The van der Waals surface area contributed by atoms with Gasteiger partial charge in [0, 0.05) is 23.9 Å². The summed E-state index contributed by atoms with van der Waals surface area (Å²) in [7, 11) is 3.25. The van der Waals surface area contributed by atoms with Crippen LogP contribution in [0.2, 0.25) is 0 Å². The summed E-state index contributed by atoms with van der Waals surface area (Å²) in [6, 6.07) is 20.9. The zero-order valence-corrected chi connectivity index (χ0v) is 17.9. The molecule has 0 fully saturated rings. The number of hydrogen-bond acceptors (Lipinski definition) is 4. The van der Waals surface area contributed by atoms with Gasteiger partial charge >= 0.3 is 6.03 Å². The Morgan fingerprint density at radius 3 is 2.41 bits per heavy atom. The van der Waals surface area contributed by atoms with Gasteiger partial charge < -0.3 is 20.1 Å². The van der Waals surface area contributed by atoms with Crippen LogP contribution in [0.5, 0.6) is 11.5 Å². The summed E-state index contributed by atoms with van der Waals surface area (Å²) < 4.78 is 10.5. The van der Waals surface area contributed by atoms with E-state index in [4.69, 9.17) is 9.47 Å². The van der Waals surface area contributed by atoms with Gasteiger partial charge in [-0.05, 0) is 53.1 Å². The first-order chi connectivity index (χ1) is 15.7. The van der Waals surface area contributed by atoms with Crippen molar-refractivity contribution in [3.05, 3.63) is 84.7 Å². The Hall–Kier alpha value is -4.26. The van der Waals surface area contributed by atoms with Gasteiger partial charge in [-0.2, -0.15) is 5.10 Å². The van der Waals surface area contributed by atoms with Crippen molar-refractivity contribution < 1.29 is 14.3 Å². The molecule has 3 N–H and O–H groups in total. The molecule has 0 bridgehead atoms. The normalized spacial score (nSPS) is 10.4. The van der Waals surface area contributed by atoms with Crippen LogP contribution >= 0.6 is 0 Å². The molecular weight excluding hydrogens is 404 g/mol. The highest BCUT2D eigenvalue weighted by Crippen LogP contribution is 2.33. The monoisotopic (exact) mass is 428 g/mol. The van der Waals surface area contributed by atoms with Gasteiger partial charge in [0.15, 0.2) is 0 Å². The third-order valence-corrected chi connectivity index (χ3v) is 5.09. The van der Waals surface area contributed by atoms with Crippen molar-refractivity contribution in [1.82, 2.24) is 15.5 Å². The van der Waals surface area contributed by atoms with E-state index in [1.165, 1.54) is 0 Å². The van der Waals surface area contributed by atoms with Crippen molar-refractivity contribution in [3.63, 3.8) is 0 Å². The molecule has 4 rings (SSSR count). The van der Waals surface area contributed by atoms with Crippen LogP contribution in [-0.2, 0) is 6.54 Å². The number of hydrogen-bond donors (Lipinski definition) is 3. The number of carbonyl (C=O) groups excluding carboxylic acids is 1. The predicted molar refractivity (Wildman–Crippen MR) is 125 cm³/mol. The number of urea groups is 1. The molecule has 7 nitrogen and oxygen atoms in total. The molecule has 4 aromatic rings. The molecule has 2 amide bonds. The number of methoxy groups -OCH3 is 2. The number of rotatable bonds is 7. The van der Waals surface area contributed by atoms with Crippen LogP contribution in [0.1, 0.15) is 5.56 Å². The fraction of sp³-hybridized carbons (Fsp3) is 0.120. The third kappa shape index (κ3) is 4.89. The molecule has 0 spiro atoms. The van der Waals surface area contributed by atoms with Crippen molar-refractivity contribution in [2.24, 2.45) is 0 Å². The second kappa shape index (κ2) is 9.70. The first kappa shape index (κ1) is 21.0. The molecule has 7 heteroatoms. The van der Waals surface area contributed by atoms with Crippen LogP contribution in [-0.4, -0.2) is 30.4 Å². The topological polar surface area (TPSA) is 88.3 Å². The lowest BCUT2D eigenvalue weighted by atomic mass is 9.98. The maximum absolute atomic E-state index is 12.6. The quantitative estimate of drug-likeness (QED) is 0.383. The van der Waals surface area contributed by atoms with Gasteiger partial charge in [-0.15, -0.1) is 0 Å². The maximum atomic E-state index is 12.6. The summed E-state index contributed by atoms with van der Waals surface area (Å²) in [5, 5.41) is 12.7. The van der Waals surface area contributed by atoms with Gasteiger partial charge in [-0.25, -0.2) is 4.79 Å². The van der Waals surface area contributed by atoms with E-state index >= 15 is 0 Å². The van der Waals surface area contributed by atoms with Crippen LogP contribution in [0, 0.1) is 0 Å². The Bertz CT molecular complexity index is 1190. The molecule has 3 aromatic carbocycles. The molecule has 0 saturated carbocycles. The summed E-state index contributed by atoms with van der Waals surface area (Å²) in [6.07, 6.45) is 3.60. The molecule has 0 atom stereocenters. The maximum Gasteiger partial charge on any atom is 0.319 e. The average molecular weight is 428 g/mol. The molecule has 0 radical (unpaired) electrons. The van der Waals surface area contributed by atoms with E-state index in [2.05, 4.69) is 20.8 Å². The molecule has 32 heavy (non-hydrogen) atoms. The summed E-state index contributed by atoms with van der Waals surface area (Å²) in [4.78, 5) is 12.6. The van der Waals surface area contributed by atoms with Crippen molar-refractivity contribution in [1.29, 1.82) is 0 Å². The minimum absolute atomic E-state index is 0.293. The van der Waals surface area contributed by atoms with Gasteiger partial charge in [0.25, 0.3) is 0 Å². The summed E-state index contributed by atoms with van der Waals surface area (Å²) in [5.74, 6) is 1.52. The first-order valence-corrected chi connectivity index (χ1v) is 10.1. The Balaban J connectivity index is 1.56. The number of amides is 2. The van der Waals surface area contributed by atoms with Gasteiger partial charge in [0.05, 0.1) is 26.1 Å². The van der Waals surface area contributed by atoms with E-state index in [1.807, 2.05) is 72.9 Å². The molecule has 0 aliphatic heterocycles. The Morgan fingerprint density at radius 1 is 0.906 bits per heavy atom. The Labute approximate surface area is 186 Å². The number of carbonyl (C=O) groups is 1. The van der Waals surface area contributed by atoms with E-state index in [0.717, 1.165) is 39.3 Å². The highest BCUT2D eigenvalue weighted by molar-refractivity contribution is 5.95. The van der Waals surface area contributed by atoms with Crippen molar-refractivity contribution in [3.8, 4) is 33.8 Å². The van der Waals surface area contributed by atoms with E-state index in [-0.39, 0.29) is 6.03 Å². The van der Waals surface area contributed by atoms with Crippen LogP contribution in [0.4, 0.5) is 10.5 Å². The van der Waals surface area contributed by atoms with Crippen molar-refractivity contribution in [2.75, 3.05) is 19.5 Å². The van der Waals surface area contributed by atoms with Crippen LogP contribution < -0.4 is 20.1 Å². The standard InChI is InChI=1S/C25H24N4O3/c1-31-21-9-6-18(7-10-21)23-13-19(20-15-27-28-16-20)8-11-24(23)29-25(30)26-14-17-4-3-5-22(12-17)32-2/h3-13,15-16H,14H2,1-2H3,(H,27,28)(H2,26,29,30). The lowest BCUT2D eigenvalue weighted by Gasteiger charge is -2.14. The van der Waals surface area contributed by atoms with Gasteiger partial charge in [0.2, 0.25) is 0 Å². The molecule has 0 saturated heterocycles. The molecule has 1 aromatic heterocycles. The summed E-state index contributed by atoms with van der Waals surface area (Å²) >= 11 is 0.